The number of rotatable bonds is 7. The molecule has 1 atom stereocenters. The second-order valence-electron chi connectivity index (χ2n) is 9.08. The SMILES string of the molecule is COc1ccc([C@H]2CCCN2CC(=O)N2CCN(Cc3ccc4c(c3)OCO4)CC2)c(OC)c1. The van der Waals surface area contributed by atoms with Gasteiger partial charge in [0, 0.05) is 50.4 Å². The highest BCUT2D eigenvalue weighted by molar-refractivity contribution is 5.78. The average Bonchev–Trinajstić information content (AvgIpc) is 3.53. The fraction of sp³-hybridized carbons (Fsp3) is 0.500. The van der Waals surface area contributed by atoms with Gasteiger partial charge >= 0.3 is 0 Å². The van der Waals surface area contributed by atoms with Crippen molar-refractivity contribution in [3.8, 4) is 23.0 Å². The van der Waals surface area contributed by atoms with Gasteiger partial charge < -0.3 is 23.8 Å². The van der Waals surface area contributed by atoms with Crippen LogP contribution in [-0.4, -0.2) is 80.9 Å². The van der Waals surface area contributed by atoms with E-state index in [0.29, 0.717) is 13.3 Å². The summed E-state index contributed by atoms with van der Waals surface area (Å²) in [5.41, 5.74) is 2.33. The lowest BCUT2D eigenvalue weighted by Crippen LogP contribution is -2.50. The minimum atomic E-state index is 0.192. The van der Waals surface area contributed by atoms with Crippen LogP contribution in [-0.2, 0) is 11.3 Å². The van der Waals surface area contributed by atoms with E-state index in [2.05, 4.69) is 28.0 Å². The third kappa shape index (κ3) is 4.79. The van der Waals surface area contributed by atoms with Crippen LogP contribution in [0.15, 0.2) is 36.4 Å². The van der Waals surface area contributed by atoms with Gasteiger partial charge in [0.25, 0.3) is 0 Å². The predicted molar refractivity (Wildman–Crippen MR) is 128 cm³/mol. The third-order valence-electron chi connectivity index (χ3n) is 7.07. The number of piperazine rings is 1. The predicted octanol–water partition coefficient (Wildman–Crippen LogP) is 2.91. The lowest BCUT2D eigenvalue weighted by atomic mass is 10.0. The number of likely N-dealkylation sites (tertiary alicyclic amines) is 1. The van der Waals surface area contributed by atoms with Crippen molar-refractivity contribution in [3.05, 3.63) is 47.5 Å². The molecule has 0 saturated carbocycles. The largest absolute Gasteiger partial charge is 0.497 e. The van der Waals surface area contributed by atoms with Gasteiger partial charge in [0.1, 0.15) is 11.5 Å². The van der Waals surface area contributed by atoms with Crippen molar-refractivity contribution in [2.45, 2.75) is 25.4 Å². The normalized spacial score (nSPS) is 20.5. The van der Waals surface area contributed by atoms with Crippen LogP contribution in [0.1, 0.15) is 30.0 Å². The Kier molecular flexibility index (Phi) is 6.78. The molecular formula is C26H33N3O5. The number of carbonyl (C=O) groups is 1. The van der Waals surface area contributed by atoms with Crippen molar-refractivity contribution in [2.75, 3.05) is 60.3 Å². The molecule has 8 heteroatoms. The maximum atomic E-state index is 13.2. The first kappa shape index (κ1) is 22.8. The summed E-state index contributed by atoms with van der Waals surface area (Å²) >= 11 is 0. The van der Waals surface area contributed by atoms with Crippen molar-refractivity contribution < 1.29 is 23.7 Å². The number of nitrogens with zero attached hydrogens (tertiary/aromatic N) is 3. The van der Waals surface area contributed by atoms with E-state index in [1.807, 2.05) is 23.1 Å². The summed E-state index contributed by atoms with van der Waals surface area (Å²) in [5.74, 6) is 3.44. The standard InChI is InChI=1S/C26H33N3O5/c1-31-20-6-7-21(24(15-20)32-2)22-4-3-9-29(22)17-26(30)28-12-10-27(11-13-28)16-19-5-8-23-25(14-19)34-18-33-23/h5-8,14-15,22H,3-4,9-13,16-18H2,1-2H3/t22-/m1/s1. The molecule has 0 spiro atoms. The minimum absolute atomic E-state index is 0.192. The molecule has 2 fully saturated rings. The Labute approximate surface area is 200 Å². The molecule has 0 N–H and O–H groups in total. The molecule has 1 amide bonds. The van der Waals surface area contributed by atoms with Gasteiger partial charge in [0.2, 0.25) is 12.7 Å². The molecule has 0 aromatic heterocycles. The number of methoxy groups -OCH3 is 2. The number of ether oxygens (including phenoxy) is 4. The Morgan fingerprint density at radius 1 is 0.971 bits per heavy atom. The Hall–Kier alpha value is -2.97. The zero-order valence-corrected chi connectivity index (χ0v) is 20.0. The Balaban J connectivity index is 1.15. The molecule has 8 nitrogen and oxygen atoms in total. The number of carbonyl (C=O) groups excluding carboxylic acids is 1. The molecule has 3 heterocycles. The van der Waals surface area contributed by atoms with Crippen LogP contribution in [0.5, 0.6) is 23.0 Å². The van der Waals surface area contributed by atoms with Gasteiger partial charge in [0.15, 0.2) is 11.5 Å². The van der Waals surface area contributed by atoms with Gasteiger partial charge in [0.05, 0.1) is 20.8 Å². The van der Waals surface area contributed by atoms with E-state index >= 15 is 0 Å². The van der Waals surface area contributed by atoms with E-state index in [1.165, 1.54) is 5.56 Å². The molecule has 2 saturated heterocycles. The topological polar surface area (TPSA) is 63.7 Å². The second-order valence-corrected chi connectivity index (χ2v) is 9.08. The fourth-order valence-electron chi connectivity index (χ4n) is 5.19. The van der Waals surface area contributed by atoms with Crippen LogP contribution in [0, 0.1) is 0 Å². The van der Waals surface area contributed by atoms with Crippen LogP contribution in [0.3, 0.4) is 0 Å². The van der Waals surface area contributed by atoms with Crippen LogP contribution >= 0.6 is 0 Å². The number of amides is 1. The molecule has 0 unspecified atom stereocenters. The summed E-state index contributed by atoms with van der Waals surface area (Å²) in [4.78, 5) is 19.9. The van der Waals surface area contributed by atoms with E-state index < -0.39 is 0 Å². The van der Waals surface area contributed by atoms with Crippen molar-refractivity contribution in [3.63, 3.8) is 0 Å². The number of hydrogen-bond acceptors (Lipinski definition) is 7. The molecule has 2 aromatic rings. The first-order valence-electron chi connectivity index (χ1n) is 12.0. The Morgan fingerprint density at radius 2 is 1.79 bits per heavy atom. The first-order valence-corrected chi connectivity index (χ1v) is 12.0. The maximum absolute atomic E-state index is 13.2. The van der Waals surface area contributed by atoms with Crippen molar-refractivity contribution in [1.82, 2.24) is 14.7 Å². The van der Waals surface area contributed by atoms with Crippen LogP contribution < -0.4 is 18.9 Å². The van der Waals surface area contributed by atoms with Crippen molar-refractivity contribution in [1.29, 1.82) is 0 Å². The van der Waals surface area contributed by atoms with Gasteiger partial charge in [-0.15, -0.1) is 0 Å². The minimum Gasteiger partial charge on any atom is -0.497 e. The van der Waals surface area contributed by atoms with Gasteiger partial charge in [-0.3, -0.25) is 14.6 Å². The lowest BCUT2D eigenvalue weighted by molar-refractivity contribution is -0.134. The van der Waals surface area contributed by atoms with Crippen LogP contribution in [0.2, 0.25) is 0 Å². The van der Waals surface area contributed by atoms with Gasteiger partial charge in [-0.2, -0.15) is 0 Å². The van der Waals surface area contributed by atoms with Gasteiger partial charge in [-0.05, 0) is 43.1 Å². The molecule has 3 aliphatic heterocycles. The molecule has 182 valence electrons. The highest BCUT2D eigenvalue weighted by atomic mass is 16.7. The summed E-state index contributed by atoms with van der Waals surface area (Å²) in [6.07, 6.45) is 2.11. The summed E-state index contributed by atoms with van der Waals surface area (Å²) in [6.45, 7) is 5.78. The first-order chi connectivity index (χ1) is 16.6. The fourth-order valence-corrected chi connectivity index (χ4v) is 5.19. The maximum Gasteiger partial charge on any atom is 0.236 e. The molecule has 0 aliphatic carbocycles. The Bertz CT molecular complexity index is 1020. The smallest absolute Gasteiger partial charge is 0.236 e. The lowest BCUT2D eigenvalue weighted by Gasteiger charge is -2.36. The van der Waals surface area contributed by atoms with E-state index in [9.17, 15) is 4.79 Å². The van der Waals surface area contributed by atoms with Gasteiger partial charge in [-0.25, -0.2) is 0 Å². The zero-order chi connectivity index (χ0) is 23.5. The van der Waals surface area contributed by atoms with Gasteiger partial charge in [-0.1, -0.05) is 12.1 Å². The molecule has 2 aromatic carbocycles. The number of fused-ring (bicyclic) bond motifs is 1. The molecule has 0 radical (unpaired) electrons. The highest BCUT2D eigenvalue weighted by Gasteiger charge is 2.32. The van der Waals surface area contributed by atoms with Crippen molar-refractivity contribution in [2.24, 2.45) is 0 Å². The molecule has 3 aliphatic rings. The summed E-state index contributed by atoms with van der Waals surface area (Å²) in [5, 5.41) is 0. The highest BCUT2D eigenvalue weighted by Crippen LogP contribution is 2.38. The summed E-state index contributed by atoms with van der Waals surface area (Å²) in [7, 11) is 3.34. The zero-order valence-electron chi connectivity index (χ0n) is 20.0. The average molecular weight is 468 g/mol. The third-order valence-corrected chi connectivity index (χ3v) is 7.07. The van der Waals surface area contributed by atoms with E-state index in [0.717, 1.165) is 80.7 Å². The quantitative estimate of drug-likeness (QED) is 0.621. The van der Waals surface area contributed by atoms with E-state index in [4.69, 9.17) is 18.9 Å². The summed E-state index contributed by atoms with van der Waals surface area (Å²) in [6, 6.07) is 12.3. The van der Waals surface area contributed by atoms with Crippen molar-refractivity contribution >= 4 is 5.91 Å². The number of hydrogen-bond donors (Lipinski definition) is 0. The van der Waals surface area contributed by atoms with Crippen LogP contribution in [0.4, 0.5) is 0 Å². The number of benzene rings is 2. The molecule has 34 heavy (non-hydrogen) atoms. The molecule has 5 rings (SSSR count). The van der Waals surface area contributed by atoms with Crippen LogP contribution in [0.25, 0.3) is 0 Å². The second kappa shape index (κ2) is 10.1. The molecular weight excluding hydrogens is 434 g/mol. The van der Waals surface area contributed by atoms with E-state index in [-0.39, 0.29) is 11.9 Å². The monoisotopic (exact) mass is 467 g/mol. The molecule has 0 bridgehead atoms. The summed E-state index contributed by atoms with van der Waals surface area (Å²) < 4.78 is 21.9. The van der Waals surface area contributed by atoms with E-state index in [1.54, 1.807) is 14.2 Å². The Morgan fingerprint density at radius 3 is 2.59 bits per heavy atom.